The fourth-order valence-corrected chi connectivity index (χ4v) is 2.11. The number of rotatable bonds is 3. The highest BCUT2D eigenvalue weighted by Crippen LogP contribution is 2.21. The first kappa shape index (κ1) is 14.8. The van der Waals surface area contributed by atoms with Crippen LogP contribution in [0.4, 0.5) is 4.79 Å². The summed E-state index contributed by atoms with van der Waals surface area (Å²) in [6.45, 7) is 7.06. The molecule has 6 nitrogen and oxygen atoms in total. The van der Waals surface area contributed by atoms with Crippen LogP contribution >= 0.6 is 0 Å². The van der Waals surface area contributed by atoms with Crippen LogP contribution in [0.5, 0.6) is 0 Å². The maximum absolute atomic E-state index is 11.7. The number of carbonyl (C=O) groups is 2. The van der Waals surface area contributed by atoms with E-state index in [4.69, 9.17) is 9.84 Å². The van der Waals surface area contributed by atoms with Crippen LogP contribution in [0.15, 0.2) is 0 Å². The lowest BCUT2D eigenvalue weighted by Gasteiger charge is -2.24. The SMILES string of the molecule is CCC1C(CO)NC(=O)C1NC(=O)OC(C)(C)C. The number of ether oxygens (including phenoxy) is 1. The zero-order valence-corrected chi connectivity index (χ0v) is 11.3. The third kappa shape index (κ3) is 3.60. The monoisotopic (exact) mass is 258 g/mol. The molecule has 0 radical (unpaired) electrons. The highest BCUT2D eigenvalue weighted by molar-refractivity contribution is 5.88. The first-order chi connectivity index (χ1) is 8.28. The number of aliphatic hydroxyl groups is 1. The van der Waals surface area contributed by atoms with Gasteiger partial charge in [-0.05, 0) is 27.2 Å². The molecular weight excluding hydrogens is 236 g/mol. The third-order valence-corrected chi connectivity index (χ3v) is 2.90. The van der Waals surface area contributed by atoms with Crippen molar-refractivity contribution in [3.8, 4) is 0 Å². The third-order valence-electron chi connectivity index (χ3n) is 2.90. The highest BCUT2D eigenvalue weighted by atomic mass is 16.6. The molecule has 104 valence electrons. The van der Waals surface area contributed by atoms with Gasteiger partial charge < -0.3 is 20.5 Å². The van der Waals surface area contributed by atoms with Crippen LogP contribution < -0.4 is 10.6 Å². The second-order valence-electron chi connectivity index (χ2n) is 5.49. The number of carbonyl (C=O) groups excluding carboxylic acids is 2. The number of hydrogen-bond donors (Lipinski definition) is 3. The molecule has 0 aliphatic carbocycles. The number of nitrogens with one attached hydrogen (secondary N) is 2. The number of amides is 2. The van der Waals surface area contributed by atoms with Crippen molar-refractivity contribution in [3.05, 3.63) is 0 Å². The Morgan fingerprint density at radius 1 is 1.50 bits per heavy atom. The van der Waals surface area contributed by atoms with Crippen LogP contribution in [-0.2, 0) is 9.53 Å². The Bertz CT molecular complexity index is 325. The topological polar surface area (TPSA) is 87.7 Å². The Hall–Kier alpha value is -1.30. The molecule has 1 aliphatic rings. The molecule has 1 saturated heterocycles. The first-order valence-corrected chi connectivity index (χ1v) is 6.19. The fourth-order valence-electron chi connectivity index (χ4n) is 2.11. The van der Waals surface area contributed by atoms with E-state index in [1.54, 1.807) is 20.8 Å². The minimum atomic E-state index is -0.637. The summed E-state index contributed by atoms with van der Waals surface area (Å²) in [5.74, 6) is -0.387. The van der Waals surface area contributed by atoms with E-state index in [0.717, 1.165) is 0 Å². The Balaban J connectivity index is 2.65. The van der Waals surface area contributed by atoms with Gasteiger partial charge in [0.15, 0.2) is 0 Å². The fraction of sp³-hybridized carbons (Fsp3) is 0.833. The molecule has 6 heteroatoms. The van der Waals surface area contributed by atoms with Gasteiger partial charge in [0.2, 0.25) is 5.91 Å². The molecule has 0 aromatic carbocycles. The molecule has 1 aliphatic heterocycles. The molecule has 3 N–H and O–H groups in total. The van der Waals surface area contributed by atoms with Gasteiger partial charge in [-0.1, -0.05) is 6.92 Å². The lowest BCUT2D eigenvalue weighted by molar-refractivity contribution is -0.121. The molecule has 3 atom stereocenters. The zero-order chi connectivity index (χ0) is 13.9. The highest BCUT2D eigenvalue weighted by Gasteiger charge is 2.42. The number of alkyl carbamates (subject to hydrolysis) is 1. The maximum Gasteiger partial charge on any atom is 0.408 e. The van der Waals surface area contributed by atoms with Crippen molar-refractivity contribution in [1.29, 1.82) is 0 Å². The molecule has 0 spiro atoms. The van der Waals surface area contributed by atoms with Gasteiger partial charge in [-0.15, -0.1) is 0 Å². The molecular formula is C12H22N2O4. The molecule has 0 aromatic heterocycles. The van der Waals surface area contributed by atoms with Crippen LogP contribution in [0, 0.1) is 5.92 Å². The second-order valence-corrected chi connectivity index (χ2v) is 5.49. The summed E-state index contributed by atoms with van der Waals surface area (Å²) < 4.78 is 5.12. The minimum absolute atomic E-state index is 0.116. The summed E-state index contributed by atoms with van der Waals surface area (Å²) in [4.78, 5) is 23.4. The van der Waals surface area contributed by atoms with E-state index in [0.29, 0.717) is 6.42 Å². The summed E-state index contributed by atoms with van der Waals surface area (Å²) in [7, 11) is 0. The van der Waals surface area contributed by atoms with Gasteiger partial charge in [-0.2, -0.15) is 0 Å². The van der Waals surface area contributed by atoms with E-state index in [-0.39, 0.29) is 24.5 Å². The molecule has 0 aromatic rings. The van der Waals surface area contributed by atoms with Crippen molar-refractivity contribution in [2.24, 2.45) is 5.92 Å². The summed E-state index contributed by atoms with van der Waals surface area (Å²) in [6.07, 6.45) is 0.0736. The van der Waals surface area contributed by atoms with Crippen molar-refractivity contribution in [2.75, 3.05) is 6.61 Å². The van der Waals surface area contributed by atoms with E-state index in [1.807, 2.05) is 6.92 Å². The number of aliphatic hydroxyl groups excluding tert-OH is 1. The van der Waals surface area contributed by atoms with E-state index in [1.165, 1.54) is 0 Å². The van der Waals surface area contributed by atoms with E-state index >= 15 is 0 Å². The van der Waals surface area contributed by atoms with E-state index in [9.17, 15) is 9.59 Å². The predicted octanol–water partition coefficient (Wildman–Crippen LogP) is 0.397. The molecule has 3 unspecified atom stereocenters. The van der Waals surface area contributed by atoms with Crippen molar-refractivity contribution in [1.82, 2.24) is 10.6 Å². The predicted molar refractivity (Wildman–Crippen MR) is 66.0 cm³/mol. The van der Waals surface area contributed by atoms with Crippen molar-refractivity contribution in [2.45, 2.75) is 51.8 Å². The van der Waals surface area contributed by atoms with Crippen LogP contribution in [0.25, 0.3) is 0 Å². The van der Waals surface area contributed by atoms with Crippen molar-refractivity contribution < 1.29 is 19.4 Å². The molecule has 18 heavy (non-hydrogen) atoms. The lowest BCUT2D eigenvalue weighted by Crippen LogP contribution is -2.45. The lowest BCUT2D eigenvalue weighted by atomic mass is 9.94. The Kier molecular flexibility index (Phi) is 4.56. The largest absolute Gasteiger partial charge is 0.444 e. The van der Waals surface area contributed by atoms with E-state index in [2.05, 4.69) is 10.6 Å². The smallest absolute Gasteiger partial charge is 0.408 e. The van der Waals surface area contributed by atoms with Crippen molar-refractivity contribution in [3.63, 3.8) is 0 Å². The zero-order valence-electron chi connectivity index (χ0n) is 11.3. The van der Waals surface area contributed by atoms with Gasteiger partial charge in [0.1, 0.15) is 11.6 Å². The van der Waals surface area contributed by atoms with Crippen molar-refractivity contribution >= 4 is 12.0 Å². The Labute approximate surface area is 107 Å². The molecule has 0 bridgehead atoms. The van der Waals surface area contributed by atoms with Gasteiger partial charge >= 0.3 is 6.09 Å². The second kappa shape index (κ2) is 5.56. The molecule has 0 saturated carbocycles. The first-order valence-electron chi connectivity index (χ1n) is 6.19. The quantitative estimate of drug-likeness (QED) is 0.683. The van der Waals surface area contributed by atoms with Crippen LogP contribution in [0.3, 0.4) is 0 Å². The van der Waals surface area contributed by atoms with Gasteiger partial charge in [-0.25, -0.2) is 4.79 Å². The Morgan fingerprint density at radius 2 is 2.11 bits per heavy atom. The standard InChI is InChI=1S/C12H22N2O4/c1-5-7-8(6-15)13-10(16)9(7)14-11(17)18-12(2,3)4/h7-9,15H,5-6H2,1-4H3,(H,13,16)(H,14,17). The summed E-state index contributed by atoms with van der Waals surface area (Å²) in [5, 5.41) is 14.4. The van der Waals surface area contributed by atoms with Crippen LogP contribution in [0.2, 0.25) is 0 Å². The van der Waals surface area contributed by atoms with Crippen LogP contribution in [-0.4, -0.2) is 41.4 Å². The summed E-state index contributed by atoms with van der Waals surface area (Å²) >= 11 is 0. The van der Waals surface area contributed by atoms with Crippen LogP contribution in [0.1, 0.15) is 34.1 Å². The van der Waals surface area contributed by atoms with Gasteiger partial charge in [0, 0.05) is 5.92 Å². The maximum atomic E-state index is 11.7. The minimum Gasteiger partial charge on any atom is -0.444 e. The summed E-state index contributed by atoms with van der Waals surface area (Å²) in [5.41, 5.74) is -0.600. The molecule has 1 heterocycles. The average Bonchev–Trinajstić information content (AvgIpc) is 2.52. The molecule has 1 fully saturated rings. The molecule has 1 rings (SSSR count). The normalized spacial score (nSPS) is 27.8. The average molecular weight is 258 g/mol. The van der Waals surface area contributed by atoms with Gasteiger partial charge in [0.05, 0.1) is 12.6 Å². The van der Waals surface area contributed by atoms with Gasteiger partial charge in [-0.3, -0.25) is 4.79 Å². The Morgan fingerprint density at radius 3 is 2.56 bits per heavy atom. The molecule has 2 amide bonds. The van der Waals surface area contributed by atoms with E-state index < -0.39 is 17.7 Å². The summed E-state index contributed by atoms with van der Waals surface area (Å²) in [6, 6.07) is -0.940. The van der Waals surface area contributed by atoms with Gasteiger partial charge in [0.25, 0.3) is 0 Å². The number of hydrogen-bond acceptors (Lipinski definition) is 4.